The number of carboxylic acids is 4. The molecule has 4 atom stereocenters. The molecule has 6 amide bonds. The molecule has 0 aliphatic heterocycles. The summed E-state index contributed by atoms with van der Waals surface area (Å²) < 4.78 is 21.3. The maximum Gasteiger partial charge on any atom is 0.326 e. The van der Waals surface area contributed by atoms with Crippen LogP contribution in [0.25, 0.3) is 0 Å². The van der Waals surface area contributed by atoms with E-state index >= 15 is 0 Å². The van der Waals surface area contributed by atoms with Crippen molar-refractivity contribution >= 4 is 65.6 Å². The normalized spacial score (nSPS) is 12.9. The number of carbonyl (C=O) groups is 11. The van der Waals surface area contributed by atoms with Crippen molar-refractivity contribution in [3.63, 3.8) is 0 Å². The van der Waals surface area contributed by atoms with Gasteiger partial charge in [-0.25, -0.2) is 9.59 Å². The number of aldehydes is 1. The first kappa shape index (κ1) is 77.2. The lowest BCUT2D eigenvalue weighted by Crippen LogP contribution is -2.45. The van der Waals surface area contributed by atoms with E-state index in [1.807, 2.05) is 0 Å². The smallest absolute Gasteiger partial charge is 0.326 e. The van der Waals surface area contributed by atoms with E-state index in [0.29, 0.717) is 32.2 Å². The van der Waals surface area contributed by atoms with Crippen LogP contribution in [0.15, 0.2) is 0 Å². The van der Waals surface area contributed by atoms with Gasteiger partial charge in [0.15, 0.2) is 0 Å². The molecule has 0 aromatic heterocycles. The van der Waals surface area contributed by atoms with Gasteiger partial charge < -0.3 is 81.4 Å². The number of carbonyl (C=O) groups excluding carboxylic acids is 7. The standard InChI is InChI=1S/C57H101N7O19/c1-3-4-5-18-29-57(43-65,58-2)30-19-20-31-59-48(67)27-24-45(55(76)77)63-50(69)28-25-46(56(78)79)64-52(71)42-83-39-37-81-35-33-61-51(70)41-82-38-36-80-34-32-60-47(66)26-23-44(40-54(74)75)62-49(68)21-16-14-12-10-8-6-7-9-11-13-15-17-22-53(72)73/h43-46,58H,3-42H2,1-2H3,(H,59,67)(H,60,66)(H,61,70)(H,62,68)(H,63,69)(H,64,71)(H,72,73)(H,74,75)(H,76,77)(H,78,79). The summed E-state index contributed by atoms with van der Waals surface area (Å²) in [5.41, 5.74) is -0.609. The number of rotatable bonds is 59. The summed E-state index contributed by atoms with van der Waals surface area (Å²) in [6.07, 6.45) is 19.3. The van der Waals surface area contributed by atoms with E-state index in [2.05, 4.69) is 44.1 Å². The Morgan fingerprint density at radius 2 is 0.843 bits per heavy atom. The molecule has 0 spiro atoms. The lowest BCUT2D eigenvalue weighted by molar-refractivity contribution is -0.144. The molecule has 4 unspecified atom stereocenters. The zero-order chi connectivity index (χ0) is 61.8. The number of likely N-dealkylation sites (N-methyl/N-ethyl adjacent to an activating group) is 1. The molecule has 0 fully saturated rings. The molecule has 0 aromatic carbocycles. The van der Waals surface area contributed by atoms with Crippen LogP contribution in [-0.2, 0) is 71.7 Å². The first-order chi connectivity index (χ1) is 39.9. The highest BCUT2D eigenvalue weighted by Crippen LogP contribution is 2.20. The number of ether oxygens (including phenoxy) is 4. The third-order valence-electron chi connectivity index (χ3n) is 13.6. The molecule has 0 aromatic rings. The molecule has 11 N–H and O–H groups in total. The van der Waals surface area contributed by atoms with Gasteiger partial charge in [0.1, 0.15) is 31.6 Å². The molecule has 0 rings (SSSR count). The highest BCUT2D eigenvalue weighted by atomic mass is 16.5. The summed E-state index contributed by atoms with van der Waals surface area (Å²) in [5.74, 6) is -7.55. The van der Waals surface area contributed by atoms with Crippen molar-refractivity contribution in [3.05, 3.63) is 0 Å². The number of hydrogen-bond donors (Lipinski definition) is 11. The van der Waals surface area contributed by atoms with Crippen LogP contribution in [0.1, 0.15) is 193 Å². The van der Waals surface area contributed by atoms with Crippen LogP contribution in [0, 0.1) is 0 Å². The molecule has 0 aliphatic carbocycles. The molecule has 478 valence electrons. The van der Waals surface area contributed by atoms with Gasteiger partial charge in [-0.1, -0.05) is 96.8 Å². The van der Waals surface area contributed by atoms with E-state index in [-0.39, 0.29) is 123 Å². The minimum Gasteiger partial charge on any atom is -0.481 e. The minimum atomic E-state index is -1.48. The highest BCUT2D eigenvalue weighted by Gasteiger charge is 2.27. The summed E-state index contributed by atoms with van der Waals surface area (Å²) in [6, 6.07) is -3.56. The van der Waals surface area contributed by atoms with Gasteiger partial charge in [0, 0.05) is 57.8 Å². The number of unbranched alkanes of at least 4 members (excludes halogenated alkanes) is 15. The second-order valence-corrected chi connectivity index (χ2v) is 20.7. The van der Waals surface area contributed by atoms with E-state index < -0.39 is 84.2 Å². The van der Waals surface area contributed by atoms with Gasteiger partial charge in [0.2, 0.25) is 35.4 Å². The van der Waals surface area contributed by atoms with Crippen molar-refractivity contribution in [2.75, 3.05) is 79.5 Å². The third-order valence-corrected chi connectivity index (χ3v) is 13.6. The molecule has 0 aliphatic rings. The largest absolute Gasteiger partial charge is 0.481 e. The average molecular weight is 1190 g/mol. The van der Waals surface area contributed by atoms with Crippen molar-refractivity contribution in [2.24, 2.45) is 0 Å². The van der Waals surface area contributed by atoms with Gasteiger partial charge in [0.25, 0.3) is 0 Å². The lowest BCUT2D eigenvalue weighted by Gasteiger charge is -2.27. The second-order valence-electron chi connectivity index (χ2n) is 20.7. The maximum absolute atomic E-state index is 12.6. The molecular weight excluding hydrogens is 1090 g/mol. The Labute approximate surface area is 489 Å². The molecule has 83 heavy (non-hydrogen) atoms. The highest BCUT2D eigenvalue weighted by molar-refractivity contribution is 5.87. The van der Waals surface area contributed by atoms with Crippen LogP contribution in [-0.4, -0.2) is 189 Å². The Kier molecular flexibility index (Phi) is 48.1. The Morgan fingerprint density at radius 3 is 1.34 bits per heavy atom. The van der Waals surface area contributed by atoms with Crippen molar-refractivity contribution in [1.29, 1.82) is 0 Å². The van der Waals surface area contributed by atoms with Crippen molar-refractivity contribution in [1.82, 2.24) is 37.2 Å². The van der Waals surface area contributed by atoms with E-state index in [1.54, 1.807) is 7.05 Å². The molecular formula is C57H101N7O19. The molecule has 0 saturated heterocycles. The Morgan fingerprint density at radius 1 is 0.422 bits per heavy atom. The van der Waals surface area contributed by atoms with Crippen molar-refractivity contribution in [3.8, 4) is 0 Å². The van der Waals surface area contributed by atoms with E-state index in [9.17, 15) is 68.1 Å². The van der Waals surface area contributed by atoms with Crippen LogP contribution >= 0.6 is 0 Å². The van der Waals surface area contributed by atoms with E-state index in [4.69, 9.17) is 24.1 Å². The van der Waals surface area contributed by atoms with Crippen LogP contribution < -0.4 is 37.2 Å². The molecule has 0 heterocycles. The monoisotopic (exact) mass is 1190 g/mol. The summed E-state index contributed by atoms with van der Waals surface area (Å²) in [6.45, 7) is 2.54. The van der Waals surface area contributed by atoms with E-state index in [1.165, 1.54) is 6.42 Å². The molecule has 0 bridgehead atoms. The average Bonchev–Trinajstić information content (AvgIpc) is 3.46. The summed E-state index contributed by atoms with van der Waals surface area (Å²) in [4.78, 5) is 132. The van der Waals surface area contributed by atoms with Crippen LogP contribution in [0.3, 0.4) is 0 Å². The zero-order valence-electron chi connectivity index (χ0n) is 49.5. The second kappa shape index (κ2) is 51.8. The maximum atomic E-state index is 12.6. The fraction of sp³-hybridized carbons (Fsp3) is 0.807. The van der Waals surface area contributed by atoms with E-state index in [0.717, 1.165) is 103 Å². The van der Waals surface area contributed by atoms with Crippen molar-refractivity contribution < 1.29 is 92.1 Å². The van der Waals surface area contributed by atoms with Crippen molar-refractivity contribution in [2.45, 2.75) is 217 Å². The number of amides is 6. The zero-order valence-corrected chi connectivity index (χ0v) is 49.5. The summed E-state index contributed by atoms with van der Waals surface area (Å²) in [7, 11) is 1.76. The predicted octanol–water partition coefficient (Wildman–Crippen LogP) is 3.68. The fourth-order valence-electron chi connectivity index (χ4n) is 8.67. The number of hydrogen-bond acceptors (Lipinski definition) is 16. The van der Waals surface area contributed by atoms with Gasteiger partial charge in [-0.3, -0.25) is 38.4 Å². The Hall–Kier alpha value is -5.83. The van der Waals surface area contributed by atoms with Crippen LogP contribution in [0.2, 0.25) is 0 Å². The van der Waals surface area contributed by atoms with Gasteiger partial charge in [-0.2, -0.15) is 0 Å². The fourth-order valence-corrected chi connectivity index (χ4v) is 8.67. The number of carboxylic acid groups (broad SMARTS) is 4. The van der Waals surface area contributed by atoms with Gasteiger partial charge in [0.05, 0.1) is 51.6 Å². The SMILES string of the molecule is CCCCCCC(C=O)(CCCCNC(=O)CCC(NC(=O)CCC(NC(=O)COCCOCCNC(=O)COCCOCCNC(=O)CCC(CC(=O)O)NC(=O)CCCCCCCCCCCCCCC(=O)O)C(=O)O)C(=O)O)NC. The number of nitrogens with one attached hydrogen (secondary N) is 7. The summed E-state index contributed by atoms with van der Waals surface area (Å²) in [5, 5.41) is 55.6. The quantitative estimate of drug-likeness (QED) is 0.0305. The topological polar surface area (TPSA) is 390 Å². The molecule has 26 nitrogen and oxygen atoms in total. The van der Waals surface area contributed by atoms with Gasteiger partial charge >= 0.3 is 23.9 Å². The minimum absolute atomic E-state index is 0.0168. The van der Waals surface area contributed by atoms with Gasteiger partial charge in [-0.15, -0.1) is 0 Å². The first-order valence-electron chi connectivity index (χ1n) is 29.9. The lowest BCUT2D eigenvalue weighted by atomic mass is 9.88. The Bertz CT molecular complexity index is 1860. The molecule has 26 heteroatoms. The molecule has 0 saturated carbocycles. The van der Waals surface area contributed by atoms with Crippen LogP contribution in [0.4, 0.5) is 0 Å². The third kappa shape index (κ3) is 47.3. The predicted molar refractivity (Wildman–Crippen MR) is 306 cm³/mol. The van der Waals surface area contributed by atoms with Crippen LogP contribution in [0.5, 0.6) is 0 Å². The first-order valence-corrected chi connectivity index (χ1v) is 29.9. The number of aliphatic carboxylic acids is 4. The summed E-state index contributed by atoms with van der Waals surface area (Å²) >= 11 is 0. The van der Waals surface area contributed by atoms with Gasteiger partial charge in [-0.05, 0) is 64.8 Å². The molecule has 0 radical (unpaired) electrons. The Balaban J connectivity index is 4.10.